The number of rotatable bonds is 4. The van der Waals surface area contributed by atoms with Crippen LogP contribution in [-0.4, -0.2) is 21.1 Å². The highest BCUT2D eigenvalue weighted by molar-refractivity contribution is 5.55. The van der Waals surface area contributed by atoms with E-state index in [1.807, 2.05) is 0 Å². The van der Waals surface area contributed by atoms with Crippen molar-refractivity contribution in [3.05, 3.63) is 60.2 Å². The molecule has 0 aliphatic rings. The Morgan fingerprint density at radius 3 is 1.83 bits per heavy atom. The van der Waals surface area contributed by atoms with Gasteiger partial charge in [-0.05, 0) is 29.8 Å². The molecule has 94 valence electrons. The summed E-state index contributed by atoms with van der Waals surface area (Å²) >= 11 is 0. The van der Waals surface area contributed by atoms with Crippen LogP contribution < -0.4 is 9.80 Å². The van der Waals surface area contributed by atoms with E-state index in [4.69, 9.17) is 0 Å². The van der Waals surface area contributed by atoms with Crippen LogP contribution >= 0.6 is 0 Å². The van der Waals surface area contributed by atoms with Crippen LogP contribution in [0.3, 0.4) is 0 Å². The molecule has 0 atom stereocenters. The average Bonchev–Trinajstić information content (AvgIpc) is 2.40. The highest BCUT2D eigenvalue weighted by Crippen LogP contribution is 2.19. The third-order valence-electron chi connectivity index (χ3n) is 3.07. The first-order valence-corrected chi connectivity index (χ1v) is 6.19. The maximum Gasteiger partial charge on any atom is 0.0426 e. The van der Waals surface area contributed by atoms with Gasteiger partial charge in [0.25, 0.3) is 0 Å². The van der Waals surface area contributed by atoms with Crippen molar-refractivity contribution < 1.29 is 0 Å². The number of anilines is 2. The fourth-order valence-corrected chi connectivity index (χ4v) is 1.95. The van der Waals surface area contributed by atoms with Gasteiger partial charge < -0.3 is 9.80 Å². The molecular formula is C16H20N2. The molecule has 0 heterocycles. The predicted molar refractivity (Wildman–Crippen MR) is 79.3 cm³/mol. The molecule has 0 fully saturated rings. The standard InChI is InChI=1S/C16H20N2/c1-17(2)15-9-11-16(12-10-15)18(3)13-14-7-5-4-6-8-14/h4-12H,13H2,1-3H3. The average molecular weight is 240 g/mol. The highest BCUT2D eigenvalue weighted by atomic mass is 15.1. The second-order valence-electron chi connectivity index (χ2n) is 4.75. The third kappa shape index (κ3) is 3.04. The zero-order valence-electron chi connectivity index (χ0n) is 11.3. The molecule has 0 saturated carbocycles. The Morgan fingerprint density at radius 2 is 1.28 bits per heavy atom. The Balaban J connectivity index is 2.07. The first-order valence-electron chi connectivity index (χ1n) is 6.19. The van der Waals surface area contributed by atoms with E-state index in [1.54, 1.807) is 0 Å². The number of nitrogens with zero attached hydrogens (tertiary/aromatic N) is 2. The van der Waals surface area contributed by atoms with E-state index in [0.29, 0.717) is 0 Å². The summed E-state index contributed by atoms with van der Waals surface area (Å²) in [6.45, 7) is 0.933. The molecule has 0 aromatic heterocycles. The molecule has 0 N–H and O–H groups in total. The lowest BCUT2D eigenvalue weighted by atomic mass is 10.2. The second-order valence-corrected chi connectivity index (χ2v) is 4.75. The van der Waals surface area contributed by atoms with Gasteiger partial charge in [-0.2, -0.15) is 0 Å². The third-order valence-corrected chi connectivity index (χ3v) is 3.07. The quantitative estimate of drug-likeness (QED) is 0.808. The van der Waals surface area contributed by atoms with E-state index in [2.05, 4.69) is 85.5 Å². The Morgan fingerprint density at radius 1 is 0.722 bits per heavy atom. The zero-order valence-corrected chi connectivity index (χ0v) is 11.3. The fraction of sp³-hybridized carbons (Fsp3) is 0.250. The van der Waals surface area contributed by atoms with E-state index in [1.165, 1.54) is 16.9 Å². The molecule has 0 aliphatic carbocycles. The summed E-state index contributed by atoms with van der Waals surface area (Å²) in [7, 11) is 6.24. The number of hydrogen-bond acceptors (Lipinski definition) is 2. The second kappa shape index (κ2) is 5.58. The molecule has 0 amide bonds. The topological polar surface area (TPSA) is 6.48 Å². The molecular weight excluding hydrogens is 220 g/mol. The van der Waals surface area contributed by atoms with Crippen LogP contribution in [0.25, 0.3) is 0 Å². The maximum absolute atomic E-state index is 2.26. The predicted octanol–water partition coefficient (Wildman–Crippen LogP) is 3.39. The maximum atomic E-state index is 2.26. The lowest BCUT2D eigenvalue weighted by molar-refractivity contribution is 0.923. The van der Waals surface area contributed by atoms with Gasteiger partial charge in [-0.1, -0.05) is 30.3 Å². The van der Waals surface area contributed by atoms with Crippen LogP contribution in [0.1, 0.15) is 5.56 Å². The molecule has 0 unspecified atom stereocenters. The van der Waals surface area contributed by atoms with Gasteiger partial charge in [-0.3, -0.25) is 0 Å². The molecule has 0 bridgehead atoms. The van der Waals surface area contributed by atoms with Crippen LogP contribution in [0.4, 0.5) is 11.4 Å². The highest BCUT2D eigenvalue weighted by Gasteiger charge is 2.02. The van der Waals surface area contributed by atoms with Gasteiger partial charge in [0, 0.05) is 39.1 Å². The molecule has 2 rings (SSSR count). The Kier molecular flexibility index (Phi) is 3.88. The summed E-state index contributed by atoms with van der Waals surface area (Å²) in [4.78, 5) is 4.37. The molecule has 0 aliphatic heterocycles. The van der Waals surface area contributed by atoms with Crippen molar-refractivity contribution in [2.45, 2.75) is 6.54 Å². The number of hydrogen-bond donors (Lipinski definition) is 0. The van der Waals surface area contributed by atoms with Crippen LogP contribution in [0.2, 0.25) is 0 Å². The van der Waals surface area contributed by atoms with Crippen molar-refractivity contribution in [2.75, 3.05) is 30.9 Å². The van der Waals surface area contributed by atoms with E-state index in [-0.39, 0.29) is 0 Å². The molecule has 2 nitrogen and oxygen atoms in total. The minimum absolute atomic E-state index is 0.933. The lowest BCUT2D eigenvalue weighted by Crippen LogP contribution is -2.16. The normalized spacial score (nSPS) is 10.2. The molecule has 0 spiro atoms. The Labute approximate surface area is 109 Å². The first kappa shape index (κ1) is 12.5. The lowest BCUT2D eigenvalue weighted by Gasteiger charge is -2.21. The smallest absolute Gasteiger partial charge is 0.0426 e. The van der Waals surface area contributed by atoms with Crippen LogP contribution in [0, 0.1) is 0 Å². The Bertz CT molecular complexity index is 474. The van der Waals surface area contributed by atoms with Gasteiger partial charge in [-0.15, -0.1) is 0 Å². The summed E-state index contributed by atoms with van der Waals surface area (Å²) in [5, 5.41) is 0. The summed E-state index contributed by atoms with van der Waals surface area (Å²) < 4.78 is 0. The molecule has 2 aromatic rings. The Hall–Kier alpha value is -1.96. The summed E-state index contributed by atoms with van der Waals surface area (Å²) in [6, 6.07) is 19.2. The largest absolute Gasteiger partial charge is 0.378 e. The van der Waals surface area contributed by atoms with Gasteiger partial charge in [0.2, 0.25) is 0 Å². The van der Waals surface area contributed by atoms with Crippen molar-refractivity contribution in [3.63, 3.8) is 0 Å². The minimum Gasteiger partial charge on any atom is -0.378 e. The molecule has 18 heavy (non-hydrogen) atoms. The van der Waals surface area contributed by atoms with Crippen LogP contribution in [-0.2, 0) is 6.54 Å². The van der Waals surface area contributed by atoms with Crippen molar-refractivity contribution in [1.29, 1.82) is 0 Å². The van der Waals surface area contributed by atoms with Gasteiger partial charge in [-0.25, -0.2) is 0 Å². The summed E-state index contributed by atoms with van der Waals surface area (Å²) in [5.74, 6) is 0. The van der Waals surface area contributed by atoms with Crippen molar-refractivity contribution >= 4 is 11.4 Å². The molecule has 0 radical (unpaired) electrons. The molecule has 2 heteroatoms. The molecule has 0 saturated heterocycles. The number of benzene rings is 2. The van der Waals surface area contributed by atoms with Gasteiger partial charge >= 0.3 is 0 Å². The van der Waals surface area contributed by atoms with Crippen molar-refractivity contribution in [1.82, 2.24) is 0 Å². The fourth-order valence-electron chi connectivity index (χ4n) is 1.95. The first-order chi connectivity index (χ1) is 8.66. The van der Waals surface area contributed by atoms with E-state index >= 15 is 0 Å². The zero-order chi connectivity index (χ0) is 13.0. The van der Waals surface area contributed by atoms with Gasteiger partial charge in [0.15, 0.2) is 0 Å². The van der Waals surface area contributed by atoms with Crippen LogP contribution in [0.15, 0.2) is 54.6 Å². The minimum atomic E-state index is 0.933. The van der Waals surface area contributed by atoms with Gasteiger partial charge in [0.1, 0.15) is 0 Å². The van der Waals surface area contributed by atoms with E-state index in [9.17, 15) is 0 Å². The summed E-state index contributed by atoms with van der Waals surface area (Å²) in [5.41, 5.74) is 3.80. The van der Waals surface area contributed by atoms with Gasteiger partial charge in [0.05, 0.1) is 0 Å². The van der Waals surface area contributed by atoms with E-state index < -0.39 is 0 Å². The van der Waals surface area contributed by atoms with Crippen LogP contribution in [0.5, 0.6) is 0 Å². The van der Waals surface area contributed by atoms with Crippen molar-refractivity contribution in [2.24, 2.45) is 0 Å². The monoisotopic (exact) mass is 240 g/mol. The summed E-state index contributed by atoms with van der Waals surface area (Å²) in [6.07, 6.45) is 0. The SMILES string of the molecule is CN(C)c1ccc(N(C)Cc2ccccc2)cc1. The van der Waals surface area contributed by atoms with E-state index in [0.717, 1.165) is 6.54 Å². The molecule has 2 aromatic carbocycles. The van der Waals surface area contributed by atoms with Crippen molar-refractivity contribution in [3.8, 4) is 0 Å².